The van der Waals surface area contributed by atoms with Crippen molar-refractivity contribution >= 4 is 17.7 Å². The zero-order valence-corrected chi connectivity index (χ0v) is 12.4. The van der Waals surface area contributed by atoms with Crippen LogP contribution < -0.4 is 16.0 Å². The van der Waals surface area contributed by atoms with Crippen LogP contribution in [0.1, 0.15) is 11.3 Å². The van der Waals surface area contributed by atoms with E-state index in [1.165, 1.54) is 12.1 Å². The quantitative estimate of drug-likeness (QED) is 0.873. The number of carboxylic acids is 1. The summed E-state index contributed by atoms with van der Waals surface area (Å²) >= 11 is 0. The summed E-state index contributed by atoms with van der Waals surface area (Å²) in [5.41, 5.74) is 0.559. The molecular weight excluding hydrogens is 300 g/mol. The predicted molar refractivity (Wildman–Crippen MR) is 80.7 cm³/mol. The summed E-state index contributed by atoms with van der Waals surface area (Å²) in [6, 6.07) is 12.0. The number of aryl methyl sites for hydroxylation is 1. The SMILES string of the molecule is Cc1ccc(NC(=O)OCc2ccccc2)c(=O)n1CC(=O)[O-]. The van der Waals surface area contributed by atoms with Crippen molar-refractivity contribution in [3.63, 3.8) is 0 Å². The maximum Gasteiger partial charge on any atom is 0.412 e. The third kappa shape index (κ3) is 4.44. The molecule has 0 radical (unpaired) electrons. The second kappa shape index (κ2) is 7.26. The lowest BCUT2D eigenvalue weighted by Gasteiger charge is -2.13. The second-order valence-electron chi connectivity index (χ2n) is 4.84. The molecule has 1 aromatic heterocycles. The van der Waals surface area contributed by atoms with Crippen LogP contribution in [-0.2, 0) is 22.7 Å². The number of carbonyl (C=O) groups is 2. The molecule has 1 heterocycles. The number of hydrogen-bond donors (Lipinski definition) is 1. The van der Waals surface area contributed by atoms with Gasteiger partial charge in [-0.2, -0.15) is 0 Å². The number of anilines is 1. The molecule has 2 rings (SSSR count). The van der Waals surface area contributed by atoms with E-state index in [0.717, 1.165) is 10.1 Å². The molecule has 0 saturated carbocycles. The first-order chi connectivity index (χ1) is 11.0. The molecule has 120 valence electrons. The lowest BCUT2D eigenvalue weighted by molar-refractivity contribution is -0.306. The van der Waals surface area contributed by atoms with Crippen molar-refractivity contribution in [3.8, 4) is 0 Å². The maximum absolute atomic E-state index is 12.1. The molecule has 0 saturated heterocycles. The molecule has 0 aliphatic rings. The minimum Gasteiger partial charge on any atom is -0.548 e. The van der Waals surface area contributed by atoms with Crippen LogP contribution in [-0.4, -0.2) is 16.6 Å². The first kappa shape index (κ1) is 16.3. The molecule has 1 aromatic carbocycles. The van der Waals surface area contributed by atoms with Crippen LogP contribution in [0.4, 0.5) is 10.5 Å². The fourth-order valence-electron chi connectivity index (χ4n) is 1.96. The lowest BCUT2D eigenvalue weighted by atomic mass is 10.2. The van der Waals surface area contributed by atoms with E-state index in [-0.39, 0.29) is 12.3 Å². The molecule has 0 fully saturated rings. The number of nitrogens with one attached hydrogen (secondary N) is 1. The summed E-state index contributed by atoms with van der Waals surface area (Å²) in [5, 5.41) is 13.0. The predicted octanol–water partition coefficient (Wildman–Crippen LogP) is 0.655. The Labute approximate surface area is 132 Å². The zero-order chi connectivity index (χ0) is 16.8. The number of carboxylic acid groups (broad SMARTS) is 1. The molecule has 1 amide bonds. The summed E-state index contributed by atoms with van der Waals surface area (Å²) in [4.78, 5) is 34.6. The van der Waals surface area contributed by atoms with Gasteiger partial charge in [0.2, 0.25) is 0 Å². The largest absolute Gasteiger partial charge is 0.548 e. The van der Waals surface area contributed by atoms with E-state index < -0.39 is 24.2 Å². The minimum atomic E-state index is -1.39. The van der Waals surface area contributed by atoms with E-state index in [4.69, 9.17) is 4.74 Å². The van der Waals surface area contributed by atoms with Crippen LogP contribution in [0.2, 0.25) is 0 Å². The number of benzene rings is 1. The van der Waals surface area contributed by atoms with Crippen molar-refractivity contribution in [2.24, 2.45) is 0 Å². The fourth-order valence-corrected chi connectivity index (χ4v) is 1.96. The number of pyridine rings is 1. The van der Waals surface area contributed by atoms with Crippen molar-refractivity contribution in [2.75, 3.05) is 5.32 Å². The molecule has 23 heavy (non-hydrogen) atoms. The number of aromatic nitrogens is 1. The van der Waals surface area contributed by atoms with Crippen molar-refractivity contribution in [2.45, 2.75) is 20.1 Å². The Morgan fingerprint density at radius 3 is 2.52 bits per heavy atom. The molecule has 7 nitrogen and oxygen atoms in total. The van der Waals surface area contributed by atoms with Gasteiger partial charge in [-0.1, -0.05) is 30.3 Å². The van der Waals surface area contributed by atoms with Gasteiger partial charge in [0.15, 0.2) is 0 Å². The van der Waals surface area contributed by atoms with Gasteiger partial charge >= 0.3 is 6.09 Å². The minimum absolute atomic E-state index is 0.0603. The Morgan fingerprint density at radius 2 is 1.87 bits per heavy atom. The Morgan fingerprint density at radius 1 is 1.17 bits per heavy atom. The van der Waals surface area contributed by atoms with Crippen molar-refractivity contribution in [1.82, 2.24) is 4.57 Å². The van der Waals surface area contributed by atoms with Gasteiger partial charge in [-0.15, -0.1) is 0 Å². The normalized spacial score (nSPS) is 10.1. The first-order valence-corrected chi connectivity index (χ1v) is 6.85. The summed E-state index contributed by atoms with van der Waals surface area (Å²) < 4.78 is 6.01. The highest BCUT2D eigenvalue weighted by Crippen LogP contribution is 2.06. The van der Waals surface area contributed by atoms with E-state index in [1.807, 2.05) is 18.2 Å². The second-order valence-corrected chi connectivity index (χ2v) is 4.84. The Kier molecular flexibility index (Phi) is 5.14. The number of ether oxygens (including phenoxy) is 1. The highest BCUT2D eigenvalue weighted by Gasteiger charge is 2.10. The third-order valence-electron chi connectivity index (χ3n) is 3.13. The van der Waals surface area contributed by atoms with Gasteiger partial charge in [-0.3, -0.25) is 10.1 Å². The fraction of sp³-hybridized carbons (Fsp3) is 0.188. The van der Waals surface area contributed by atoms with Gasteiger partial charge in [-0.25, -0.2) is 4.79 Å². The van der Waals surface area contributed by atoms with E-state index in [2.05, 4.69) is 5.32 Å². The number of rotatable bonds is 5. The highest BCUT2D eigenvalue weighted by atomic mass is 16.5. The van der Waals surface area contributed by atoms with E-state index >= 15 is 0 Å². The van der Waals surface area contributed by atoms with Gasteiger partial charge in [0.25, 0.3) is 5.56 Å². The molecule has 0 aliphatic carbocycles. The Bertz CT molecular complexity index is 768. The van der Waals surface area contributed by atoms with E-state index in [1.54, 1.807) is 19.1 Å². The molecule has 7 heteroatoms. The highest BCUT2D eigenvalue weighted by molar-refractivity contribution is 5.84. The lowest BCUT2D eigenvalue weighted by Crippen LogP contribution is -2.35. The van der Waals surface area contributed by atoms with Gasteiger partial charge < -0.3 is 19.2 Å². The molecule has 2 aromatic rings. The molecule has 0 unspecified atom stereocenters. The van der Waals surface area contributed by atoms with Gasteiger partial charge in [0, 0.05) is 5.69 Å². The molecule has 0 spiro atoms. The number of amides is 1. The van der Waals surface area contributed by atoms with Gasteiger partial charge in [-0.05, 0) is 24.6 Å². The maximum atomic E-state index is 12.1. The number of hydrogen-bond acceptors (Lipinski definition) is 5. The van der Waals surface area contributed by atoms with Crippen LogP contribution in [0.25, 0.3) is 0 Å². The van der Waals surface area contributed by atoms with Crippen molar-refractivity contribution in [3.05, 3.63) is 64.1 Å². The average Bonchev–Trinajstić information content (AvgIpc) is 2.53. The average molecular weight is 315 g/mol. The van der Waals surface area contributed by atoms with E-state index in [9.17, 15) is 19.5 Å². The van der Waals surface area contributed by atoms with Gasteiger partial charge in [0.05, 0.1) is 12.5 Å². The standard InChI is InChI=1S/C16H16N2O5/c1-11-7-8-13(15(21)18(11)9-14(19)20)17-16(22)23-10-12-5-3-2-4-6-12/h2-8H,9-10H2,1H3,(H,17,22)(H,19,20)/p-1. The summed E-state index contributed by atoms with van der Waals surface area (Å²) in [7, 11) is 0. The van der Waals surface area contributed by atoms with Crippen LogP contribution in [0.15, 0.2) is 47.3 Å². The summed E-state index contributed by atoms with van der Waals surface area (Å²) in [6.07, 6.45) is -0.796. The monoisotopic (exact) mass is 315 g/mol. The molecule has 0 atom stereocenters. The van der Waals surface area contributed by atoms with E-state index in [0.29, 0.717) is 5.69 Å². The van der Waals surface area contributed by atoms with Gasteiger partial charge in [0.1, 0.15) is 12.3 Å². The Hall–Kier alpha value is -3.09. The van der Waals surface area contributed by atoms with Crippen LogP contribution in [0.5, 0.6) is 0 Å². The third-order valence-corrected chi connectivity index (χ3v) is 3.13. The number of carbonyl (C=O) groups excluding carboxylic acids is 2. The molecule has 0 bridgehead atoms. The molecule has 0 aliphatic heterocycles. The summed E-state index contributed by atoms with van der Waals surface area (Å²) in [5.74, 6) is -1.39. The van der Waals surface area contributed by atoms with Crippen LogP contribution in [0, 0.1) is 6.92 Å². The zero-order valence-electron chi connectivity index (χ0n) is 12.4. The van der Waals surface area contributed by atoms with Crippen molar-refractivity contribution < 1.29 is 19.4 Å². The molecule has 1 N–H and O–H groups in total. The molecular formula is C16H15N2O5-. The first-order valence-electron chi connectivity index (χ1n) is 6.85. The smallest absolute Gasteiger partial charge is 0.412 e. The van der Waals surface area contributed by atoms with Crippen LogP contribution >= 0.6 is 0 Å². The Balaban J connectivity index is 2.06. The number of aliphatic carboxylic acids is 1. The van der Waals surface area contributed by atoms with Crippen LogP contribution in [0.3, 0.4) is 0 Å². The number of nitrogens with zero attached hydrogens (tertiary/aromatic N) is 1. The summed E-state index contributed by atoms with van der Waals surface area (Å²) in [6.45, 7) is 1.06. The van der Waals surface area contributed by atoms with Crippen molar-refractivity contribution in [1.29, 1.82) is 0 Å². The topological polar surface area (TPSA) is 100 Å².